The summed E-state index contributed by atoms with van der Waals surface area (Å²) in [5.41, 5.74) is 0. The van der Waals surface area contributed by atoms with Crippen LogP contribution in [0.4, 0.5) is 0 Å². The topological polar surface area (TPSA) is 46.5 Å². The Morgan fingerprint density at radius 3 is 2.29 bits per heavy atom. The summed E-state index contributed by atoms with van der Waals surface area (Å²) in [5, 5.41) is 9.55. The Balaban J connectivity index is 3.63. The molecule has 0 aromatic rings. The zero-order chi connectivity index (χ0) is 11.1. The van der Waals surface area contributed by atoms with Gasteiger partial charge in [0.25, 0.3) is 0 Å². The Kier molecular flexibility index (Phi) is 6.54. The van der Waals surface area contributed by atoms with Crippen molar-refractivity contribution >= 4 is 5.97 Å². The van der Waals surface area contributed by atoms with Crippen LogP contribution in [0.25, 0.3) is 0 Å². The first kappa shape index (κ1) is 13.4. The van der Waals surface area contributed by atoms with Gasteiger partial charge < -0.3 is 9.84 Å². The average Bonchev–Trinajstić information content (AvgIpc) is 2.13. The summed E-state index contributed by atoms with van der Waals surface area (Å²) in [6.07, 6.45) is 1.82. The summed E-state index contributed by atoms with van der Waals surface area (Å²) in [6, 6.07) is 0. The van der Waals surface area contributed by atoms with Gasteiger partial charge in [0.2, 0.25) is 0 Å². The second-order valence-corrected chi connectivity index (χ2v) is 4.27. The van der Waals surface area contributed by atoms with Gasteiger partial charge in [-0.15, -0.1) is 0 Å². The first-order valence-electron chi connectivity index (χ1n) is 5.22. The van der Waals surface area contributed by atoms with Gasteiger partial charge in [-0.3, -0.25) is 4.79 Å². The molecule has 0 spiro atoms. The smallest absolute Gasteiger partial charge is 0.305 e. The van der Waals surface area contributed by atoms with E-state index >= 15 is 0 Å². The molecule has 1 N–H and O–H groups in total. The fourth-order valence-corrected chi connectivity index (χ4v) is 1.26. The van der Waals surface area contributed by atoms with Crippen molar-refractivity contribution in [3.8, 4) is 0 Å². The number of ether oxygens (including phenoxy) is 1. The van der Waals surface area contributed by atoms with E-state index < -0.39 is 0 Å². The van der Waals surface area contributed by atoms with Crippen LogP contribution in [-0.2, 0) is 9.53 Å². The number of methoxy groups -OCH3 is 1. The van der Waals surface area contributed by atoms with Crippen molar-refractivity contribution in [2.24, 2.45) is 11.8 Å². The third-order valence-electron chi connectivity index (χ3n) is 2.47. The number of carbonyl (C=O) groups is 1. The van der Waals surface area contributed by atoms with Crippen LogP contribution in [0, 0.1) is 11.8 Å². The van der Waals surface area contributed by atoms with Gasteiger partial charge in [0.1, 0.15) is 0 Å². The minimum atomic E-state index is -0.255. The summed E-state index contributed by atoms with van der Waals surface area (Å²) in [6.45, 7) is 6.00. The minimum absolute atomic E-state index is 0.170. The zero-order valence-electron chi connectivity index (χ0n) is 9.62. The van der Waals surface area contributed by atoms with E-state index in [1.54, 1.807) is 0 Å². The normalized spacial score (nSPS) is 15.3. The van der Waals surface area contributed by atoms with E-state index in [9.17, 15) is 9.90 Å². The van der Waals surface area contributed by atoms with Crippen molar-refractivity contribution in [1.29, 1.82) is 0 Å². The maximum Gasteiger partial charge on any atom is 0.305 e. The molecule has 0 amide bonds. The fourth-order valence-electron chi connectivity index (χ4n) is 1.26. The monoisotopic (exact) mass is 202 g/mol. The Morgan fingerprint density at radius 2 is 1.86 bits per heavy atom. The zero-order valence-corrected chi connectivity index (χ0v) is 9.62. The highest BCUT2D eigenvalue weighted by atomic mass is 16.5. The standard InChI is InChI=1S/C11H22O3/c1-8(2)10(12)6-5-9(3)7-11(13)14-4/h8-10,12H,5-7H2,1-4H3. The van der Waals surface area contributed by atoms with Gasteiger partial charge in [-0.2, -0.15) is 0 Å². The van der Waals surface area contributed by atoms with Gasteiger partial charge in [-0.1, -0.05) is 20.8 Å². The summed E-state index contributed by atoms with van der Waals surface area (Å²) < 4.78 is 4.57. The molecule has 0 aliphatic heterocycles. The minimum Gasteiger partial charge on any atom is -0.469 e. The first-order valence-corrected chi connectivity index (χ1v) is 5.22. The van der Waals surface area contributed by atoms with E-state index in [-0.39, 0.29) is 18.0 Å². The van der Waals surface area contributed by atoms with Gasteiger partial charge in [0.05, 0.1) is 13.2 Å². The second-order valence-electron chi connectivity index (χ2n) is 4.27. The van der Waals surface area contributed by atoms with E-state index in [1.807, 2.05) is 20.8 Å². The molecule has 0 rings (SSSR count). The molecule has 0 saturated heterocycles. The molecule has 0 fully saturated rings. The summed E-state index contributed by atoms with van der Waals surface area (Å²) in [5.74, 6) is 0.410. The SMILES string of the molecule is COC(=O)CC(C)CCC(O)C(C)C. The van der Waals surface area contributed by atoms with Crippen molar-refractivity contribution in [2.45, 2.75) is 46.1 Å². The number of esters is 1. The van der Waals surface area contributed by atoms with Gasteiger partial charge in [0, 0.05) is 6.42 Å². The van der Waals surface area contributed by atoms with Gasteiger partial charge in [-0.25, -0.2) is 0 Å². The van der Waals surface area contributed by atoms with Crippen LogP contribution >= 0.6 is 0 Å². The lowest BCUT2D eigenvalue weighted by Crippen LogP contribution is -2.16. The van der Waals surface area contributed by atoms with E-state index in [1.165, 1.54) is 7.11 Å². The highest BCUT2D eigenvalue weighted by molar-refractivity contribution is 5.69. The number of aliphatic hydroxyl groups excluding tert-OH is 1. The molecule has 0 aromatic heterocycles. The van der Waals surface area contributed by atoms with Crippen molar-refractivity contribution in [3.05, 3.63) is 0 Å². The maximum absolute atomic E-state index is 10.9. The average molecular weight is 202 g/mol. The van der Waals surface area contributed by atoms with E-state index in [0.29, 0.717) is 12.3 Å². The van der Waals surface area contributed by atoms with Crippen LogP contribution in [0.5, 0.6) is 0 Å². The molecule has 0 aliphatic rings. The van der Waals surface area contributed by atoms with Gasteiger partial charge >= 0.3 is 5.97 Å². The number of hydrogen-bond acceptors (Lipinski definition) is 3. The largest absolute Gasteiger partial charge is 0.469 e. The molecular weight excluding hydrogens is 180 g/mol. The number of hydrogen-bond donors (Lipinski definition) is 1. The molecule has 2 atom stereocenters. The van der Waals surface area contributed by atoms with Crippen molar-refractivity contribution in [2.75, 3.05) is 7.11 Å². The summed E-state index contributed by atoms with van der Waals surface area (Å²) in [7, 11) is 1.40. The van der Waals surface area contributed by atoms with Crippen LogP contribution in [0.15, 0.2) is 0 Å². The molecule has 0 aliphatic carbocycles. The van der Waals surface area contributed by atoms with Crippen LogP contribution < -0.4 is 0 Å². The lowest BCUT2D eigenvalue weighted by atomic mass is 9.95. The molecule has 14 heavy (non-hydrogen) atoms. The number of carbonyl (C=O) groups excluding carboxylic acids is 1. The highest BCUT2D eigenvalue weighted by Gasteiger charge is 2.13. The molecule has 0 aromatic carbocycles. The molecule has 0 heterocycles. The van der Waals surface area contributed by atoms with Gasteiger partial charge in [-0.05, 0) is 24.7 Å². The van der Waals surface area contributed by atoms with E-state index in [0.717, 1.165) is 12.8 Å². The van der Waals surface area contributed by atoms with Crippen LogP contribution in [-0.4, -0.2) is 24.3 Å². The first-order chi connectivity index (χ1) is 6.47. The highest BCUT2D eigenvalue weighted by Crippen LogP contribution is 2.16. The quantitative estimate of drug-likeness (QED) is 0.670. The number of rotatable bonds is 6. The number of aliphatic hydroxyl groups is 1. The third kappa shape index (κ3) is 5.97. The lowest BCUT2D eigenvalue weighted by Gasteiger charge is -2.16. The predicted molar refractivity (Wildman–Crippen MR) is 55.9 cm³/mol. The van der Waals surface area contributed by atoms with E-state index in [4.69, 9.17) is 0 Å². The fraction of sp³-hybridized carbons (Fsp3) is 0.909. The van der Waals surface area contributed by atoms with Crippen LogP contribution in [0.3, 0.4) is 0 Å². The van der Waals surface area contributed by atoms with Crippen molar-refractivity contribution in [3.63, 3.8) is 0 Å². The predicted octanol–water partition coefficient (Wildman–Crippen LogP) is 1.98. The molecule has 0 saturated carbocycles. The summed E-state index contributed by atoms with van der Waals surface area (Å²) in [4.78, 5) is 10.9. The third-order valence-corrected chi connectivity index (χ3v) is 2.47. The second kappa shape index (κ2) is 6.82. The van der Waals surface area contributed by atoms with Crippen molar-refractivity contribution < 1.29 is 14.6 Å². The van der Waals surface area contributed by atoms with Crippen molar-refractivity contribution in [1.82, 2.24) is 0 Å². The van der Waals surface area contributed by atoms with E-state index in [2.05, 4.69) is 4.74 Å². The molecule has 0 radical (unpaired) electrons. The molecule has 2 unspecified atom stereocenters. The molecule has 3 heteroatoms. The lowest BCUT2D eigenvalue weighted by molar-refractivity contribution is -0.141. The molecule has 84 valence electrons. The molecule has 0 bridgehead atoms. The molecule has 3 nitrogen and oxygen atoms in total. The Hall–Kier alpha value is -0.570. The summed E-state index contributed by atoms with van der Waals surface area (Å²) >= 11 is 0. The Bertz CT molecular complexity index is 166. The van der Waals surface area contributed by atoms with Crippen LogP contribution in [0.1, 0.15) is 40.0 Å². The Labute approximate surface area is 86.5 Å². The molecular formula is C11H22O3. The Morgan fingerprint density at radius 1 is 1.29 bits per heavy atom. The van der Waals surface area contributed by atoms with Gasteiger partial charge in [0.15, 0.2) is 0 Å². The van der Waals surface area contributed by atoms with Crippen LogP contribution in [0.2, 0.25) is 0 Å². The maximum atomic E-state index is 10.9.